The Hall–Kier alpha value is -0.120. The summed E-state index contributed by atoms with van der Waals surface area (Å²) in [6.45, 7) is 0. The first-order chi connectivity index (χ1) is 6.62. The van der Waals surface area contributed by atoms with Gasteiger partial charge in [0.1, 0.15) is 4.60 Å². The van der Waals surface area contributed by atoms with Crippen LogP contribution in [0.2, 0.25) is 5.02 Å². The van der Waals surface area contributed by atoms with E-state index in [-0.39, 0.29) is 0 Å². The smallest absolute Gasteiger partial charge is 0.106 e. The van der Waals surface area contributed by atoms with Crippen molar-refractivity contribution < 1.29 is 5.11 Å². The number of rotatable bonds is 1. The van der Waals surface area contributed by atoms with Crippen molar-refractivity contribution in [1.29, 1.82) is 0 Å². The second kappa shape index (κ2) is 3.80. The van der Waals surface area contributed by atoms with Gasteiger partial charge in [0.15, 0.2) is 0 Å². The molecule has 0 atom stereocenters. The van der Waals surface area contributed by atoms with Crippen LogP contribution in [0.5, 0.6) is 0 Å². The Morgan fingerprint density at radius 1 is 1.43 bits per heavy atom. The summed E-state index contributed by atoms with van der Waals surface area (Å²) in [5.41, 5.74) is 0.0706. The summed E-state index contributed by atoms with van der Waals surface area (Å²) in [6, 6.07) is 1.81. The first-order valence-corrected chi connectivity index (χ1v) is 5.83. The van der Waals surface area contributed by atoms with Gasteiger partial charge in [-0.2, -0.15) is 0 Å². The van der Waals surface area contributed by atoms with Crippen LogP contribution in [0.3, 0.4) is 0 Å². The van der Waals surface area contributed by atoms with Gasteiger partial charge in [-0.05, 0) is 34.8 Å². The molecule has 1 saturated carbocycles. The fourth-order valence-corrected chi connectivity index (χ4v) is 2.61. The first-order valence-electron chi connectivity index (χ1n) is 4.66. The van der Waals surface area contributed by atoms with Crippen molar-refractivity contribution >= 4 is 27.5 Å². The number of hydrogen-bond donors (Lipinski definition) is 1. The van der Waals surface area contributed by atoms with Gasteiger partial charge in [0, 0.05) is 11.8 Å². The molecule has 1 fully saturated rings. The molecule has 14 heavy (non-hydrogen) atoms. The number of aliphatic hydroxyl groups is 1. The number of halogens is 2. The van der Waals surface area contributed by atoms with Crippen molar-refractivity contribution in [2.45, 2.75) is 31.3 Å². The van der Waals surface area contributed by atoms with Crippen molar-refractivity contribution in [3.63, 3.8) is 0 Å². The minimum atomic E-state index is -0.734. The van der Waals surface area contributed by atoms with Gasteiger partial charge in [-0.15, -0.1) is 0 Å². The Morgan fingerprint density at radius 3 is 2.71 bits per heavy atom. The molecule has 0 aliphatic heterocycles. The number of pyridine rings is 1. The zero-order chi connectivity index (χ0) is 10.2. The fourth-order valence-electron chi connectivity index (χ4n) is 2.00. The lowest BCUT2D eigenvalue weighted by molar-refractivity contribution is 0.0444. The summed E-state index contributed by atoms with van der Waals surface area (Å²) >= 11 is 9.31. The highest BCUT2D eigenvalue weighted by atomic mass is 79.9. The Bertz CT molecular complexity index is 350. The van der Waals surface area contributed by atoms with Crippen molar-refractivity contribution in [1.82, 2.24) is 4.98 Å². The fraction of sp³-hybridized carbons (Fsp3) is 0.500. The molecule has 1 aliphatic carbocycles. The van der Waals surface area contributed by atoms with Crippen LogP contribution in [0.1, 0.15) is 31.2 Å². The van der Waals surface area contributed by atoms with Crippen LogP contribution in [0, 0.1) is 0 Å². The summed E-state index contributed by atoms with van der Waals surface area (Å²) in [7, 11) is 0. The van der Waals surface area contributed by atoms with E-state index < -0.39 is 5.60 Å². The predicted molar refractivity (Wildman–Crippen MR) is 59.3 cm³/mol. The molecule has 0 amide bonds. The number of aromatic nitrogens is 1. The maximum absolute atomic E-state index is 10.3. The molecule has 0 spiro atoms. The standard InChI is InChI=1S/C10H11BrClNO/c11-9-5-7(8(12)6-13-9)10(14)3-1-2-4-10/h5-6,14H,1-4H2. The third-order valence-corrected chi connectivity index (χ3v) is 3.49. The van der Waals surface area contributed by atoms with E-state index in [1.54, 1.807) is 6.20 Å². The zero-order valence-corrected chi connectivity index (χ0v) is 9.98. The highest BCUT2D eigenvalue weighted by Gasteiger charge is 2.34. The summed E-state index contributed by atoms with van der Waals surface area (Å²) in [4.78, 5) is 4.02. The van der Waals surface area contributed by atoms with Gasteiger partial charge in [-0.25, -0.2) is 4.98 Å². The van der Waals surface area contributed by atoms with E-state index in [0.717, 1.165) is 35.8 Å². The average molecular weight is 277 g/mol. The largest absolute Gasteiger partial charge is 0.385 e. The predicted octanol–water partition coefficient (Wildman–Crippen LogP) is 3.26. The van der Waals surface area contributed by atoms with Crippen molar-refractivity contribution in [2.75, 3.05) is 0 Å². The highest BCUT2D eigenvalue weighted by molar-refractivity contribution is 9.10. The van der Waals surface area contributed by atoms with Crippen LogP contribution in [-0.2, 0) is 5.60 Å². The molecule has 2 rings (SSSR count). The van der Waals surface area contributed by atoms with Crippen LogP contribution in [0.25, 0.3) is 0 Å². The summed E-state index contributed by atoms with van der Waals surface area (Å²) < 4.78 is 0.720. The van der Waals surface area contributed by atoms with Gasteiger partial charge in [0.25, 0.3) is 0 Å². The minimum absolute atomic E-state index is 0.553. The molecule has 0 bridgehead atoms. The maximum atomic E-state index is 10.3. The van der Waals surface area contributed by atoms with Crippen LogP contribution in [0.4, 0.5) is 0 Å². The van der Waals surface area contributed by atoms with Crippen LogP contribution in [-0.4, -0.2) is 10.1 Å². The van der Waals surface area contributed by atoms with E-state index in [9.17, 15) is 5.11 Å². The molecule has 1 aliphatic rings. The molecule has 1 aromatic heterocycles. The van der Waals surface area contributed by atoms with Crippen molar-refractivity contribution in [3.05, 3.63) is 27.5 Å². The zero-order valence-electron chi connectivity index (χ0n) is 7.63. The van der Waals surface area contributed by atoms with E-state index in [1.807, 2.05) is 6.07 Å². The molecule has 0 saturated heterocycles. The molecule has 4 heteroatoms. The molecule has 1 aromatic rings. The maximum Gasteiger partial charge on any atom is 0.106 e. The second-order valence-corrected chi connectivity index (χ2v) is 4.95. The summed E-state index contributed by atoms with van der Waals surface area (Å²) in [5.74, 6) is 0. The third-order valence-electron chi connectivity index (χ3n) is 2.75. The molecule has 0 unspecified atom stereocenters. The Balaban J connectivity index is 2.44. The van der Waals surface area contributed by atoms with Gasteiger partial charge < -0.3 is 5.11 Å². The molecule has 2 nitrogen and oxygen atoms in total. The van der Waals surface area contributed by atoms with Gasteiger partial charge in [-0.3, -0.25) is 0 Å². The number of hydrogen-bond acceptors (Lipinski definition) is 2. The minimum Gasteiger partial charge on any atom is -0.385 e. The second-order valence-electron chi connectivity index (χ2n) is 3.73. The van der Waals surface area contributed by atoms with E-state index in [2.05, 4.69) is 20.9 Å². The average Bonchev–Trinajstić information content (AvgIpc) is 2.58. The summed E-state index contributed by atoms with van der Waals surface area (Å²) in [6.07, 6.45) is 5.29. The Kier molecular flexibility index (Phi) is 2.82. The molecule has 1 heterocycles. The SMILES string of the molecule is OC1(c2cc(Br)ncc2Cl)CCCC1. The van der Waals surface area contributed by atoms with E-state index in [1.165, 1.54) is 0 Å². The Morgan fingerprint density at radius 2 is 2.07 bits per heavy atom. The summed E-state index contributed by atoms with van der Waals surface area (Å²) in [5, 5.41) is 10.9. The van der Waals surface area contributed by atoms with E-state index >= 15 is 0 Å². The molecule has 1 N–H and O–H groups in total. The van der Waals surface area contributed by atoms with E-state index in [0.29, 0.717) is 5.02 Å². The van der Waals surface area contributed by atoms with E-state index in [4.69, 9.17) is 11.6 Å². The van der Waals surface area contributed by atoms with Gasteiger partial charge in [0.2, 0.25) is 0 Å². The lowest BCUT2D eigenvalue weighted by Crippen LogP contribution is -2.21. The molecular formula is C10H11BrClNO. The monoisotopic (exact) mass is 275 g/mol. The van der Waals surface area contributed by atoms with Gasteiger partial charge in [0.05, 0.1) is 10.6 Å². The quantitative estimate of drug-likeness (QED) is 0.799. The highest BCUT2D eigenvalue weighted by Crippen LogP contribution is 2.41. The first kappa shape index (κ1) is 10.4. The lowest BCUT2D eigenvalue weighted by Gasteiger charge is -2.23. The van der Waals surface area contributed by atoms with Crippen molar-refractivity contribution in [3.8, 4) is 0 Å². The van der Waals surface area contributed by atoms with Crippen LogP contribution < -0.4 is 0 Å². The topological polar surface area (TPSA) is 33.1 Å². The molecule has 76 valence electrons. The van der Waals surface area contributed by atoms with Gasteiger partial charge in [-0.1, -0.05) is 24.4 Å². The van der Waals surface area contributed by atoms with Crippen LogP contribution in [0.15, 0.2) is 16.9 Å². The lowest BCUT2D eigenvalue weighted by atomic mass is 9.93. The van der Waals surface area contributed by atoms with Crippen molar-refractivity contribution in [2.24, 2.45) is 0 Å². The normalized spacial score (nSPS) is 19.9. The van der Waals surface area contributed by atoms with Crippen LogP contribution >= 0.6 is 27.5 Å². The third kappa shape index (κ3) is 1.81. The number of nitrogens with zero attached hydrogens (tertiary/aromatic N) is 1. The molecule has 0 radical (unpaired) electrons. The Labute approximate surface area is 96.4 Å². The molecular weight excluding hydrogens is 265 g/mol. The van der Waals surface area contributed by atoms with Gasteiger partial charge >= 0.3 is 0 Å². The molecule has 0 aromatic carbocycles.